The minimum absolute atomic E-state index is 0.0474. The number of amides is 1. The van der Waals surface area contributed by atoms with Gasteiger partial charge in [-0.2, -0.15) is 0 Å². The molecule has 1 aromatic carbocycles. The third-order valence-corrected chi connectivity index (χ3v) is 4.56. The van der Waals surface area contributed by atoms with Crippen LogP contribution in [0.1, 0.15) is 48.5 Å². The summed E-state index contributed by atoms with van der Waals surface area (Å²) in [5.41, 5.74) is -0.166. The number of hydrogen-bond donors (Lipinski definition) is 2. The van der Waals surface area contributed by atoms with E-state index in [2.05, 4.69) is 5.32 Å². The maximum atomic E-state index is 12.4. The molecule has 1 aliphatic rings. The van der Waals surface area contributed by atoms with Crippen molar-refractivity contribution in [2.24, 2.45) is 5.92 Å². The van der Waals surface area contributed by atoms with Gasteiger partial charge in [-0.15, -0.1) is 0 Å². The first-order chi connectivity index (χ1) is 10.7. The van der Waals surface area contributed by atoms with Gasteiger partial charge in [-0.3, -0.25) is 19.7 Å². The highest BCUT2D eigenvalue weighted by molar-refractivity contribution is 5.95. The number of carboxylic acid groups (broad SMARTS) is 1. The van der Waals surface area contributed by atoms with E-state index in [1.807, 2.05) is 0 Å². The Bertz CT molecular complexity index is 658. The van der Waals surface area contributed by atoms with E-state index in [1.165, 1.54) is 18.2 Å². The van der Waals surface area contributed by atoms with Crippen LogP contribution in [0.4, 0.5) is 5.69 Å². The second kappa shape index (κ2) is 6.36. The Kier molecular flexibility index (Phi) is 4.68. The van der Waals surface area contributed by atoms with Gasteiger partial charge < -0.3 is 10.4 Å². The lowest BCUT2D eigenvalue weighted by Crippen LogP contribution is -2.55. The zero-order valence-electron chi connectivity index (χ0n) is 13.2. The third-order valence-electron chi connectivity index (χ3n) is 4.56. The van der Waals surface area contributed by atoms with E-state index in [1.54, 1.807) is 13.8 Å². The van der Waals surface area contributed by atoms with Crippen molar-refractivity contribution >= 4 is 17.6 Å². The molecular formula is C16H20N2O5. The number of nitrogens with one attached hydrogen (secondary N) is 1. The topological polar surface area (TPSA) is 110 Å². The van der Waals surface area contributed by atoms with E-state index in [9.17, 15) is 24.8 Å². The summed E-state index contributed by atoms with van der Waals surface area (Å²) in [6.07, 6.45) is 2.83. The lowest BCUT2D eigenvalue weighted by Gasteiger charge is -2.39. The lowest BCUT2D eigenvalue weighted by atomic mass is 9.73. The molecule has 0 bridgehead atoms. The largest absolute Gasteiger partial charge is 0.481 e. The summed E-state index contributed by atoms with van der Waals surface area (Å²) < 4.78 is 0. The number of benzene rings is 1. The fourth-order valence-corrected chi connectivity index (χ4v) is 3.21. The standard InChI is InChI=1S/C16H20N2O5/c1-10-9-11(6-7-13(10)18(22)23)14(19)17-16(2)8-4-3-5-12(16)15(20)21/h6-7,9,12H,3-5,8H2,1-2H3,(H,17,19)(H,20,21). The first-order valence-electron chi connectivity index (χ1n) is 7.55. The van der Waals surface area contributed by atoms with E-state index in [4.69, 9.17) is 0 Å². The Morgan fingerprint density at radius 2 is 2.09 bits per heavy atom. The zero-order chi connectivity index (χ0) is 17.2. The predicted octanol–water partition coefficient (Wildman–Crippen LogP) is 2.67. The first kappa shape index (κ1) is 16.9. The normalized spacial score (nSPS) is 24.0. The smallest absolute Gasteiger partial charge is 0.308 e. The van der Waals surface area contributed by atoms with Crippen LogP contribution in [0, 0.1) is 23.0 Å². The van der Waals surface area contributed by atoms with E-state index < -0.39 is 28.3 Å². The molecule has 0 spiro atoms. The fourth-order valence-electron chi connectivity index (χ4n) is 3.21. The summed E-state index contributed by atoms with van der Waals surface area (Å²) >= 11 is 0. The summed E-state index contributed by atoms with van der Waals surface area (Å²) in [6.45, 7) is 3.32. The molecule has 23 heavy (non-hydrogen) atoms. The summed E-state index contributed by atoms with van der Waals surface area (Å²) in [4.78, 5) is 34.2. The monoisotopic (exact) mass is 320 g/mol. The molecule has 7 nitrogen and oxygen atoms in total. The van der Waals surface area contributed by atoms with Crippen molar-refractivity contribution in [1.29, 1.82) is 0 Å². The van der Waals surface area contributed by atoms with E-state index >= 15 is 0 Å². The van der Waals surface area contributed by atoms with Crippen molar-refractivity contribution in [3.63, 3.8) is 0 Å². The van der Waals surface area contributed by atoms with Gasteiger partial charge in [0, 0.05) is 17.2 Å². The summed E-state index contributed by atoms with van der Waals surface area (Å²) in [5, 5.41) is 23.0. The minimum atomic E-state index is -0.910. The molecule has 1 aliphatic carbocycles. The Morgan fingerprint density at radius 3 is 2.65 bits per heavy atom. The fraction of sp³-hybridized carbons (Fsp3) is 0.500. The zero-order valence-corrected chi connectivity index (χ0v) is 13.2. The molecule has 2 rings (SSSR count). The summed E-state index contributed by atoms with van der Waals surface area (Å²) in [5.74, 6) is -1.94. The van der Waals surface area contributed by atoms with Crippen LogP contribution in [0.25, 0.3) is 0 Å². The van der Waals surface area contributed by atoms with Crippen LogP contribution in [0.15, 0.2) is 18.2 Å². The van der Waals surface area contributed by atoms with Gasteiger partial charge in [0.2, 0.25) is 0 Å². The van der Waals surface area contributed by atoms with Gasteiger partial charge in [-0.25, -0.2) is 0 Å². The van der Waals surface area contributed by atoms with Crippen molar-refractivity contribution < 1.29 is 19.6 Å². The lowest BCUT2D eigenvalue weighted by molar-refractivity contribution is -0.385. The summed E-state index contributed by atoms with van der Waals surface area (Å²) in [7, 11) is 0. The molecular weight excluding hydrogens is 300 g/mol. The Morgan fingerprint density at radius 1 is 1.39 bits per heavy atom. The van der Waals surface area contributed by atoms with Crippen LogP contribution in [0.5, 0.6) is 0 Å². The maximum absolute atomic E-state index is 12.4. The van der Waals surface area contributed by atoms with Crippen molar-refractivity contribution in [3.8, 4) is 0 Å². The highest BCUT2D eigenvalue weighted by atomic mass is 16.6. The molecule has 0 aliphatic heterocycles. The number of carbonyl (C=O) groups excluding carboxylic acids is 1. The Labute approximate surface area is 133 Å². The molecule has 2 atom stereocenters. The van der Waals surface area contributed by atoms with Crippen LogP contribution < -0.4 is 5.32 Å². The van der Waals surface area contributed by atoms with Crippen molar-refractivity contribution in [1.82, 2.24) is 5.32 Å². The number of hydrogen-bond acceptors (Lipinski definition) is 4. The van der Waals surface area contributed by atoms with Crippen LogP contribution in [-0.4, -0.2) is 27.4 Å². The molecule has 7 heteroatoms. The SMILES string of the molecule is Cc1cc(C(=O)NC2(C)CCCCC2C(=O)O)ccc1[N+](=O)[O-]. The number of nitro groups is 1. The van der Waals surface area contributed by atoms with E-state index in [0.717, 1.165) is 12.8 Å². The molecule has 0 radical (unpaired) electrons. The molecule has 0 heterocycles. The summed E-state index contributed by atoms with van der Waals surface area (Å²) in [6, 6.07) is 4.14. The van der Waals surface area contributed by atoms with Crippen molar-refractivity contribution in [2.45, 2.75) is 45.1 Å². The molecule has 124 valence electrons. The number of carboxylic acids is 1. The molecule has 2 unspecified atom stereocenters. The average molecular weight is 320 g/mol. The highest BCUT2D eigenvalue weighted by Gasteiger charge is 2.42. The minimum Gasteiger partial charge on any atom is -0.481 e. The molecule has 1 aromatic rings. The van der Waals surface area contributed by atoms with Crippen LogP contribution in [0.2, 0.25) is 0 Å². The number of nitro benzene ring substituents is 1. The van der Waals surface area contributed by atoms with Gasteiger partial charge in [0.25, 0.3) is 11.6 Å². The van der Waals surface area contributed by atoms with Gasteiger partial charge in [0.1, 0.15) is 0 Å². The number of rotatable bonds is 4. The van der Waals surface area contributed by atoms with Gasteiger partial charge in [-0.1, -0.05) is 12.8 Å². The predicted molar refractivity (Wildman–Crippen MR) is 83.3 cm³/mol. The van der Waals surface area contributed by atoms with E-state index in [0.29, 0.717) is 24.0 Å². The van der Waals surface area contributed by atoms with Gasteiger partial charge in [0.05, 0.1) is 16.4 Å². The number of aliphatic carboxylic acids is 1. The molecule has 2 N–H and O–H groups in total. The molecule has 0 aromatic heterocycles. The number of carbonyl (C=O) groups is 2. The molecule has 1 saturated carbocycles. The first-order valence-corrected chi connectivity index (χ1v) is 7.55. The maximum Gasteiger partial charge on any atom is 0.308 e. The van der Waals surface area contributed by atoms with Crippen molar-refractivity contribution in [3.05, 3.63) is 39.4 Å². The second-order valence-electron chi connectivity index (χ2n) is 6.27. The molecule has 1 fully saturated rings. The van der Waals surface area contributed by atoms with Gasteiger partial charge >= 0.3 is 5.97 Å². The van der Waals surface area contributed by atoms with Crippen molar-refractivity contribution in [2.75, 3.05) is 0 Å². The Balaban J connectivity index is 2.22. The van der Waals surface area contributed by atoms with Crippen LogP contribution in [0.3, 0.4) is 0 Å². The van der Waals surface area contributed by atoms with Crippen LogP contribution >= 0.6 is 0 Å². The second-order valence-corrected chi connectivity index (χ2v) is 6.27. The highest BCUT2D eigenvalue weighted by Crippen LogP contribution is 2.34. The third kappa shape index (κ3) is 3.49. The Hall–Kier alpha value is -2.44. The van der Waals surface area contributed by atoms with Gasteiger partial charge in [0.15, 0.2) is 0 Å². The quantitative estimate of drug-likeness (QED) is 0.654. The number of nitrogens with zero attached hydrogens (tertiary/aromatic N) is 1. The van der Waals surface area contributed by atoms with Gasteiger partial charge in [-0.05, 0) is 38.8 Å². The molecule has 0 saturated heterocycles. The van der Waals surface area contributed by atoms with E-state index in [-0.39, 0.29) is 5.69 Å². The molecule has 1 amide bonds. The number of aryl methyl sites for hydroxylation is 1. The van der Waals surface area contributed by atoms with Crippen LogP contribution in [-0.2, 0) is 4.79 Å². The average Bonchev–Trinajstić information content (AvgIpc) is 2.46.